The van der Waals surface area contributed by atoms with Crippen LogP contribution in [0.1, 0.15) is 6.92 Å². The van der Waals surface area contributed by atoms with Crippen molar-refractivity contribution in [3.05, 3.63) is 23.9 Å². The monoisotopic (exact) mass is 146 g/mol. The normalized spacial score (nSPS) is 27.5. The molecular formula is C9H10N2. The van der Waals surface area contributed by atoms with Gasteiger partial charge in [-0.3, -0.25) is 9.98 Å². The fourth-order valence-corrected chi connectivity index (χ4v) is 1.31. The van der Waals surface area contributed by atoms with E-state index >= 15 is 0 Å². The molecule has 56 valence electrons. The Morgan fingerprint density at radius 2 is 2.45 bits per heavy atom. The molecule has 2 aliphatic rings. The molecule has 2 heteroatoms. The third-order valence-electron chi connectivity index (χ3n) is 1.93. The number of allylic oxidation sites excluding steroid dienone is 2. The predicted octanol–water partition coefficient (Wildman–Crippen LogP) is 1.60. The van der Waals surface area contributed by atoms with E-state index in [1.165, 1.54) is 0 Å². The lowest BCUT2D eigenvalue weighted by atomic mass is 10.00. The molecule has 0 saturated carbocycles. The van der Waals surface area contributed by atoms with E-state index in [2.05, 4.69) is 16.1 Å². The van der Waals surface area contributed by atoms with Crippen molar-refractivity contribution in [3.63, 3.8) is 0 Å². The van der Waals surface area contributed by atoms with E-state index in [0.29, 0.717) is 5.92 Å². The van der Waals surface area contributed by atoms with Crippen LogP contribution < -0.4 is 0 Å². The van der Waals surface area contributed by atoms with Gasteiger partial charge in [0.15, 0.2) is 0 Å². The summed E-state index contributed by atoms with van der Waals surface area (Å²) in [6.07, 6.45) is 8.02. The molecule has 1 atom stereocenters. The van der Waals surface area contributed by atoms with Crippen molar-refractivity contribution < 1.29 is 0 Å². The summed E-state index contributed by atoms with van der Waals surface area (Å²) in [5.41, 5.74) is 2.24. The molecule has 0 bridgehead atoms. The maximum atomic E-state index is 4.33. The van der Waals surface area contributed by atoms with E-state index in [1.807, 2.05) is 25.3 Å². The smallest absolute Gasteiger partial charge is 0.0511 e. The Balaban J connectivity index is 2.33. The molecule has 0 aromatic heterocycles. The van der Waals surface area contributed by atoms with Crippen LogP contribution in [-0.2, 0) is 0 Å². The van der Waals surface area contributed by atoms with Gasteiger partial charge >= 0.3 is 0 Å². The van der Waals surface area contributed by atoms with Gasteiger partial charge in [0, 0.05) is 17.8 Å². The molecule has 0 fully saturated rings. The van der Waals surface area contributed by atoms with Gasteiger partial charge in [-0.05, 0) is 19.1 Å². The van der Waals surface area contributed by atoms with Crippen LogP contribution in [-0.4, -0.2) is 18.5 Å². The minimum atomic E-state index is 0.434. The number of hydrogen-bond acceptors (Lipinski definition) is 2. The van der Waals surface area contributed by atoms with Gasteiger partial charge in [0.2, 0.25) is 0 Å². The first-order chi connectivity index (χ1) is 5.36. The average molecular weight is 146 g/mol. The van der Waals surface area contributed by atoms with Crippen LogP contribution in [0, 0.1) is 5.92 Å². The molecule has 0 N–H and O–H groups in total. The highest BCUT2D eigenvalue weighted by Gasteiger charge is 2.15. The summed E-state index contributed by atoms with van der Waals surface area (Å²) in [6.45, 7) is 2.88. The molecule has 0 spiro atoms. The van der Waals surface area contributed by atoms with E-state index in [0.717, 1.165) is 18.0 Å². The molecule has 2 aliphatic heterocycles. The lowest BCUT2D eigenvalue weighted by molar-refractivity contribution is 0.746. The van der Waals surface area contributed by atoms with Crippen molar-refractivity contribution in [3.8, 4) is 0 Å². The van der Waals surface area contributed by atoms with E-state index in [4.69, 9.17) is 0 Å². The molecule has 2 nitrogen and oxygen atoms in total. The second kappa shape index (κ2) is 2.46. The summed E-state index contributed by atoms with van der Waals surface area (Å²) in [5, 5.41) is 0. The minimum Gasteiger partial charge on any atom is -0.289 e. The minimum absolute atomic E-state index is 0.434. The number of hydrogen-bond donors (Lipinski definition) is 0. The van der Waals surface area contributed by atoms with Gasteiger partial charge in [-0.1, -0.05) is 6.08 Å². The lowest BCUT2D eigenvalue weighted by Gasteiger charge is -2.17. The van der Waals surface area contributed by atoms with Gasteiger partial charge in [-0.25, -0.2) is 0 Å². The Bertz CT molecular complexity index is 282. The molecular weight excluding hydrogens is 136 g/mol. The topological polar surface area (TPSA) is 24.7 Å². The van der Waals surface area contributed by atoms with Crippen molar-refractivity contribution in [2.75, 3.05) is 6.54 Å². The highest BCUT2D eigenvalue weighted by Crippen LogP contribution is 2.20. The Morgan fingerprint density at radius 1 is 1.55 bits per heavy atom. The fourth-order valence-electron chi connectivity index (χ4n) is 1.31. The van der Waals surface area contributed by atoms with Gasteiger partial charge in [0.25, 0.3) is 0 Å². The zero-order valence-electron chi connectivity index (χ0n) is 6.49. The van der Waals surface area contributed by atoms with Gasteiger partial charge in [-0.15, -0.1) is 0 Å². The molecule has 0 aromatic rings. The van der Waals surface area contributed by atoms with E-state index < -0.39 is 0 Å². The summed E-state index contributed by atoms with van der Waals surface area (Å²) >= 11 is 0. The van der Waals surface area contributed by atoms with E-state index in [9.17, 15) is 0 Å². The van der Waals surface area contributed by atoms with Gasteiger partial charge in [0.1, 0.15) is 0 Å². The summed E-state index contributed by atoms with van der Waals surface area (Å²) in [5.74, 6) is 0.434. The van der Waals surface area contributed by atoms with Crippen molar-refractivity contribution in [1.82, 2.24) is 0 Å². The van der Waals surface area contributed by atoms with Crippen LogP contribution in [0.4, 0.5) is 0 Å². The Kier molecular flexibility index (Phi) is 1.46. The van der Waals surface area contributed by atoms with Crippen molar-refractivity contribution in [2.24, 2.45) is 15.9 Å². The van der Waals surface area contributed by atoms with Gasteiger partial charge in [0.05, 0.1) is 12.2 Å². The zero-order valence-corrected chi connectivity index (χ0v) is 6.49. The Labute approximate surface area is 66.1 Å². The summed E-state index contributed by atoms with van der Waals surface area (Å²) < 4.78 is 0. The van der Waals surface area contributed by atoms with Crippen LogP contribution in [0.2, 0.25) is 0 Å². The summed E-state index contributed by atoms with van der Waals surface area (Å²) in [7, 11) is 0. The van der Waals surface area contributed by atoms with Crippen LogP contribution in [0.3, 0.4) is 0 Å². The quantitative estimate of drug-likeness (QED) is 0.496. The fraction of sp³-hybridized carbons (Fsp3) is 0.333. The van der Waals surface area contributed by atoms with E-state index in [-0.39, 0.29) is 0 Å². The molecule has 2 heterocycles. The lowest BCUT2D eigenvalue weighted by Crippen LogP contribution is -2.13. The Hall–Kier alpha value is -1.18. The first kappa shape index (κ1) is 6.53. The molecule has 11 heavy (non-hydrogen) atoms. The molecule has 0 aromatic carbocycles. The molecule has 0 aliphatic carbocycles. The standard InChI is InChI=1S/C9H10N2/c1-7-5-9-8(6-11-7)3-2-4-10-9/h2-5,8H,6H2,1H3. The molecule has 2 rings (SSSR count). The van der Waals surface area contributed by atoms with Crippen molar-refractivity contribution >= 4 is 11.9 Å². The number of aliphatic imine (C=N–C) groups is 2. The second-order valence-electron chi connectivity index (χ2n) is 2.82. The van der Waals surface area contributed by atoms with Crippen LogP contribution >= 0.6 is 0 Å². The zero-order chi connectivity index (χ0) is 7.68. The van der Waals surface area contributed by atoms with Crippen LogP contribution in [0.25, 0.3) is 0 Å². The summed E-state index contributed by atoms with van der Waals surface area (Å²) in [6, 6.07) is 0. The van der Waals surface area contributed by atoms with Crippen LogP contribution in [0.5, 0.6) is 0 Å². The Morgan fingerprint density at radius 3 is 3.36 bits per heavy atom. The molecule has 0 amide bonds. The maximum Gasteiger partial charge on any atom is 0.0511 e. The van der Waals surface area contributed by atoms with Gasteiger partial charge < -0.3 is 0 Å². The predicted molar refractivity (Wildman–Crippen MR) is 47.2 cm³/mol. The van der Waals surface area contributed by atoms with Crippen molar-refractivity contribution in [2.45, 2.75) is 6.92 Å². The SMILES string of the molecule is CC1=NCC2C=CC=NC2=C1. The maximum absolute atomic E-state index is 4.33. The average Bonchev–Trinajstić information content (AvgIpc) is 2.04. The molecule has 0 radical (unpaired) electrons. The third-order valence-corrected chi connectivity index (χ3v) is 1.93. The third kappa shape index (κ3) is 1.16. The number of nitrogens with zero attached hydrogens (tertiary/aromatic N) is 2. The highest BCUT2D eigenvalue weighted by molar-refractivity contribution is 5.94. The van der Waals surface area contributed by atoms with E-state index in [1.54, 1.807) is 0 Å². The van der Waals surface area contributed by atoms with Crippen LogP contribution in [0.15, 0.2) is 33.9 Å². The first-order valence-electron chi connectivity index (χ1n) is 3.80. The number of dihydropyridines is 2. The molecule has 1 unspecified atom stereocenters. The van der Waals surface area contributed by atoms with Crippen molar-refractivity contribution in [1.29, 1.82) is 0 Å². The summed E-state index contributed by atoms with van der Waals surface area (Å²) in [4.78, 5) is 8.60. The first-order valence-corrected chi connectivity index (χ1v) is 3.80. The molecule has 0 saturated heterocycles. The number of rotatable bonds is 0. The largest absolute Gasteiger partial charge is 0.289 e. The number of fused-ring (bicyclic) bond motifs is 1. The van der Waals surface area contributed by atoms with Gasteiger partial charge in [-0.2, -0.15) is 0 Å². The highest BCUT2D eigenvalue weighted by atomic mass is 14.8. The second-order valence-corrected chi connectivity index (χ2v) is 2.82.